The van der Waals surface area contributed by atoms with Crippen molar-refractivity contribution in [2.45, 2.75) is 20.1 Å². The molecule has 4 rings (SSSR count). The number of ether oxygens (including phenoxy) is 1. The minimum atomic E-state index is -0.403. The van der Waals surface area contributed by atoms with Crippen molar-refractivity contribution in [3.63, 3.8) is 0 Å². The van der Waals surface area contributed by atoms with E-state index in [-0.39, 0.29) is 11.5 Å². The summed E-state index contributed by atoms with van der Waals surface area (Å²) in [5, 5.41) is 0.525. The third-order valence-electron chi connectivity index (χ3n) is 4.88. The van der Waals surface area contributed by atoms with Crippen molar-refractivity contribution in [2.24, 2.45) is 0 Å². The number of fused-ring (bicyclic) bond motifs is 1. The summed E-state index contributed by atoms with van der Waals surface area (Å²) >= 11 is 3.44. The van der Waals surface area contributed by atoms with Crippen LogP contribution in [0.15, 0.2) is 82.1 Å². The average molecular weight is 493 g/mol. The number of aromatic nitrogens is 2. The van der Waals surface area contributed by atoms with Crippen molar-refractivity contribution < 1.29 is 9.53 Å². The standard InChI is InChI=1S/C24H21BrN4O3/c1-2-29-23(31)18-10-3-5-12-20(18)26-24(29)28-27-22(30)19-11-4-6-13-21(19)32-15-16-8-7-9-17(25)14-16/h3-14H,2,15H2,1H3,(H,26,28)(H,27,30). The Morgan fingerprint density at radius 1 is 1.06 bits per heavy atom. The Labute approximate surface area is 193 Å². The third kappa shape index (κ3) is 4.65. The highest BCUT2D eigenvalue weighted by molar-refractivity contribution is 9.10. The summed E-state index contributed by atoms with van der Waals surface area (Å²) in [4.78, 5) is 30.1. The van der Waals surface area contributed by atoms with Crippen molar-refractivity contribution in [3.05, 3.63) is 98.7 Å². The van der Waals surface area contributed by atoms with Crippen molar-refractivity contribution in [2.75, 3.05) is 5.43 Å². The molecule has 0 saturated carbocycles. The molecule has 32 heavy (non-hydrogen) atoms. The van der Waals surface area contributed by atoms with E-state index in [1.807, 2.05) is 37.3 Å². The van der Waals surface area contributed by atoms with Gasteiger partial charge in [0.25, 0.3) is 11.5 Å². The van der Waals surface area contributed by atoms with Crippen molar-refractivity contribution >= 4 is 38.7 Å². The van der Waals surface area contributed by atoms with Crippen LogP contribution >= 0.6 is 15.9 Å². The van der Waals surface area contributed by atoms with Crippen LogP contribution in [0.2, 0.25) is 0 Å². The number of amides is 1. The highest BCUT2D eigenvalue weighted by Crippen LogP contribution is 2.20. The van der Waals surface area contributed by atoms with Gasteiger partial charge in [-0.1, -0.05) is 52.3 Å². The van der Waals surface area contributed by atoms with Gasteiger partial charge in [-0.05, 0) is 48.9 Å². The Kier molecular flexibility index (Phi) is 6.51. The van der Waals surface area contributed by atoms with Crippen LogP contribution in [0.1, 0.15) is 22.8 Å². The molecule has 4 aromatic rings. The van der Waals surface area contributed by atoms with E-state index in [1.54, 1.807) is 42.5 Å². The molecule has 1 aromatic heterocycles. The first-order valence-electron chi connectivity index (χ1n) is 10.1. The fourth-order valence-corrected chi connectivity index (χ4v) is 3.75. The zero-order chi connectivity index (χ0) is 22.5. The average Bonchev–Trinajstić information content (AvgIpc) is 2.81. The maximum atomic E-state index is 12.9. The smallest absolute Gasteiger partial charge is 0.273 e. The summed E-state index contributed by atoms with van der Waals surface area (Å²) in [6.07, 6.45) is 0. The molecule has 162 valence electrons. The lowest BCUT2D eigenvalue weighted by Gasteiger charge is -2.15. The van der Waals surface area contributed by atoms with Crippen LogP contribution in [0.5, 0.6) is 5.75 Å². The van der Waals surface area contributed by atoms with E-state index in [1.165, 1.54) is 4.57 Å². The van der Waals surface area contributed by atoms with Gasteiger partial charge in [-0.2, -0.15) is 0 Å². The fraction of sp³-hybridized carbons (Fsp3) is 0.125. The molecule has 1 heterocycles. The molecule has 0 aliphatic heterocycles. The van der Waals surface area contributed by atoms with Gasteiger partial charge in [0.1, 0.15) is 12.4 Å². The number of nitrogens with one attached hydrogen (secondary N) is 2. The fourth-order valence-electron chi connectivity index (χ4n) is 3.30. The zero-order valence-corrected chi connectivity index (χ0v) is 18.9. The Balaban J connectivity index is 1.52. The maximum Gasteiger partial charge on any atom is 0.273 e. The van der Waals surface area contributed by atoms with Gasteiger partial charge < -0.3 is 4.74 Å². The number of nitrogens with zero attached hydrogens (tertiary/aromatic N) is 2. The second-order valence-corrected chi connectivity index (χ2v) is 7.91. The molecule has 0 aliphatic carbocycles. The lowest BCUT2D eigenvalue weighted by Crippen LogP contribution is -2.34. The number of para-hydroxylation sites is 2. The summed E-state index contributed by atoms with van der Waals surface area (Å²) < 4.78 is 8.32. The van der Waals surface area contributed by atoms with Crippen molar-refractivity contribution in [3.8, 4) is 5.75 Å². The van der Waals surface area contributed by atoms with Gasteiger partial charge in [-0.25, -0.2) is 4.98 Å². The minimum Gasteiger partial charge on any atom is -0.488 e. The topological polar surface area (TPSA) is 85.2 Å². The van der Waals surface area contributed by atoms with E-state index < -0.39 is 5.91 Å². The van der Waals surface area contributed by atoms with Gasteiger partial charge in [0.05, 0.1) is 16.5 Å². The summed E-state index contributed by atoms with van der Waals surface area (Å²) in [5.41, 5.74) is 7.14. The first kappa shape index (κ1) is 21.6. The van der Waals surface area contributed by atoms with E-state index in [0.29, 0.717) is 35.4 Å². The largest absolute Gasteiger partial charge is 0.488 e. The number of hydrazine groups is 1. The summed E-state index contributed by atoms with van der Waals surface area (Å²) in [6.45, 7) is 2.57. The lowest BCUT2D eigenvalue weighted by molar-refractivity contribution is 0.0957. The number of anilines is 1. The third-order valence-corrected chi connectivity index (χ3v) is 5.37. The Bertz CT molecular complexity index is 1340. The molecule has 0 atom stereocenters. The van der Waals surface area contributed by atoms with Gasteiger partial charge in [-0.15, -0.1) is 0 Å². The van der Waals surface area contributed by atoms with E-state index in [4.69, 9.17) is 4.74 Å². The Morgan fingerprint density at radius 2 is 1.84 bits per heavy atom. The number of carbonyl (C=O) groups excluding carboxylic acids is 1. The molecule has 0 bridgehead atoms. The van der Waals surface area contributed by atoms with Crippen LogP contribution in [-0.4, -0.2) is 15.5 Å². The quantitative estimate of drug-likeness (QED) is 0.370. The number of carbonyl (C=O) groups is 1. The minimum absolute atomic E-state index is 0.174. The lowest BCUT2D eigenvalue weighted by atomic mass is 10.2. The molecular formula is C24H21BrN4O3. The molecular weight excluding hydrogens is 472 g/mol. The molecule has 0 unspecified atom stereocenters. The normalized spacial score (nSPS) is 10.7. The summed E-state index contributed by atoms with van der Waals surface area (Å²) in [5.74, 6) is 0.308. The number of rotatable bonds is 7. The van der Waals surface area contributed by atoms with Crippen LogP contribution in [-0.2, 0) is 13.2 Å². The monoisotopic (exact) mass is 492 g/mol. The van der Waals surface area contributed by atoms with Gasteiger partial charge in [-0.3, -0.25) is 25.0 Å². The number of hydrogen-bond donors (Lipinski definition) is 2. The molecule has 0 radical (unpaired) electrons. The van der Waals surface area contributed by atoms with Crippen molar-refractivity contribution in [1.82, 2.24) is 15.0 Å². The van der Waals surface area contributed by atoms with Crippen LogP contribution in [0, 0.1) is 0 Å². The Morgan fingerprint density at radius 3 is 2.66 bits per heavy atom. The molecule has 0 spiro atoms. The van der Waals surface area contributed by atoms with E-state index in [2.05, 4.69) is 31.8 Å². The molecule has 0 fully saturated rings. The SMILES string of the molecule is CCn1c(NNC(=O)c2ccccc2OCc2cccc(Br)c2)nc2ccccc2c1=O. The number of halogens is 1. The molecule has 0 saturated heterocycles. The predicted molar refractivity (Wildman–Crippen MR) is 128 cm³/mol. The number of benzene rings is 3. The molecule has 3 aromatic carbocycles. The van der Waals surface area contributed by atoms with Crippen LogP contribution in [0.4, 0.5) is 5.95 Å². The van der Waals surface area contributed by atoms with Gasteiger partial charge in [0.2, 0.25) is 5.95 Å². The van der Waals surface area contributed by atoms with Crippen molar-refractivity contribution in [1.29, 1.82) is 0 Å². The van der Waals surface area contributed by atoms with E-state index in [9.17, 15) is 9.59 Å². The second kappa shape index (κ2) is 9.65. The van der Waals surface area contributed by atoms with Gasteiger partial charge >= 0.3 is 0 Å². The zero-order valence-electron chi connectivity index (χ0n) is 17.3. The highest BCUT2D eigenvalue weighted by Gasteiger charge is 2.14. The molecule has 2 N–H and O–H groups in total. The summed E-state index contributed by atoms with van der Waals surface area (Å²) in [6, 6.07) is 21.9. The van der Waals surface area contributed by atoms with Gasteiger partial charge in [0, 0.05) is 11.0 Å². The van der Waals surface area contributed by atoms with Crippen LogP contribution in [0.25, 0.3) is 10.9 Å². The van der Waals surface area contributed by atoms with E-state index >= 15 is 0 Å². The first-order chi connectivity index (χ1) is 15.6. The number of hydrogen-bond acceptors (Lipinski definition) is 5. The predicted octanol–water partition coefficient (Wildman–Crippen LogP) is 4.51. The molecule has 7 nitrogen and oxygen atoms in total. The van der Waals surface area contributed by atoms with Crippen LogP contribution in [0.3, 0.4) is 0 Å². The van der Waals surface area contributed by atoms with Gasteiger partial charge in [0.15, 0.2) is 0 Å². The molecule has 8 heteroatoms. The highest BCUT2D eigenvalue weighted by atomic mass is 79.9. The van der Waals surface area contributed by atoms with E-state index in [0.717, 1.165) is 10.0 Å². The first-order valence-corrected chi connectivity index (χ1v) is 10.9. The Hall–Kier alpha value is -3.65. The maximum absolute atomic E-state index is 12.9. The molecule has 1 amide bonds. The molecule has 0 aliphatic rings. The summed E-state index contributed by atoms with van der Waals surface area (Å²) in [7, 11) is 0. The van der Waals surface area contributed by atoms with Crippen LogP contribution < -0.4 is 21.1 Å². The second-order valence-electron chi connectivity index (χ2n) is 7.00.